The molecule has 5 nitrogen and oxygen atoms in total. The topological polar surface area (TPSA) is 55.6 Å². The molecule has 0 spiro atoms. The molecule has 0 aliphatic carbocycles. The Hall–Kier alpha value is -3.08. The quantitative estimate of drug-likeness (QED) is 0.679. The fraction of sp³-hybridized carbons (Fsp3) is 0.273. The minimum absolute atomic E-state index is 0.0875. The summed E-state index contributed by atoms with van der Waals surface area (Å²) in [5.74, 6) is 1.12. The number of rotatable bonds is 4. The van der Waals surface area contributed by atoms with Crippen LogP contribution in [0.5, 0.6) is 5.75 Å². The minimum Gasteiger partial charge on any atom is -0.496 e. The van der Waals surface area contributed by atoms with Crippen LogP contribution in [0.1, 0.15) is 40.5 Å². The highest BCUT2D eigenvalue weighted by molar-refractivity contribution is 5.93. The van der Waals surface area contributed by atoms with Gasteiger partial charge in [-0.25, -0.2) is 0 Å². The number of methoxy groups -OCH3 is 1. The number of nitrogens with zero attached hydrogens (tertiary/aromatic N) is 2. The summed E-state index contributed by atoms with van der Waals surface area (Å²) in [6.45, 7) is 2.80. The van der Waals surface area contributed by atoms with Gasteiger partial charge in [0.25, 0.3) is 5.91 Å². The molecule has 0 N–H and O–H groups in total. The van der Waals surface area contributed by atoms with Crippen LogP contribution in [0, 0.1) is 6.92 Å². The zero-order chi connectivity index (χ0) is 18.8. The Kier molecular flexibility index (Phi) is 4.67. The number of carbonyl (C=O) groups is 1. The van der Waals surface area contributed by atoms with E-state index in [1.165, 1.54) is 11.1 Å². The standard InChI is InChI=1S/C22H22N2O3/c1-15-9-11-16(12-10-15)19-7-5-13-24(19)22(25)18-14-21(27-23-18)17-6-3-4-8-20(17)26-2/h3-4,6,8-12,14,19H,5,7,13H2,1-2H3/t19-/m0/s1. The van der Waals surface area contributed by atoms with Crippen LogP contribution in [0.4, 0.5) is 0 Å². The van der Waals surface area contributed by atoms with Gasteiger partial charge >= 0.3 is 0 Å². The van der Waals surface area contributed by atoms with Gasteiger partial charge in [0.1, 0.15) is 5.75 Å². The van der Waals surface area contributed by atoms with Crippen LogP contribution in [-0.2, 0) is 0 Å². The maximum Gasteiger partial charge on any atom is 0.276 e. The number of ether oxygens (including phenoxy) is 1. The van der Waals surface area contributed by atoms with E-state index in [0.29, 0.717) is 17.2 Å². The fourth-order valence-electron chi connectivity index (χ4n) is 3.64. The second-order valence-corrected chi connectivity index (χ2v) is 6.84. The first-order valence-corrected chi connectivity index (χ1v) is 9.15. The maximum atomic E-state index is 13.1. The molecule has 138 valence electrons. The number of hydrogen-bond donors (Lipinski definition) is 0. The van der Waals surface area contributed by atoms with Gasteiger partial charge in [-0.1, -0.05) is 47.1 Å². The molecule has 0 saturated carbocycles. The van der Waals surface area contributed by atoms with Gasteiger partial charge in [0.15, 0.2) is 11.5 Å². The first-order chi connectivity index (χ1) is 13.2. The van der Waals surface area contributed by atoms with Gasteiger partial charge in [-0.2, -0.15) is 0 Å². The lowest BCUT2D eigenvalue weighted by atomic mass is 10.0. The molecular formula is C22H22N2O3. The van der Waals surface area contributed by atoms with E-state index in [9.17, 15) is 4.79 Å². The Labute approximate surface area is 158 Å². The summed E-state index contributed by atoms with van der Waals surface area (Å²) in [6.07, 6.45) is 1.95. The molecule has 5 heteroatoms. The molecule has 2 aromatic carbocycles. The molecule has 1 aliphatic rings. The minimum atomic E-state index is -0.0945. The van der Waals surface area contributed by atoms with E-state index in [0.717, 1.165) is 24.9 Å². The van der Waals surface area contributed by atoms with E-state index >= 15 is 0 Å². The third-order valence-electron chi connectivity index (χ3n) is 5.08. The Morgan fingerprint density at radius 3 is 2.74 bits per heavy atom. The lowest BCUT2D eigenvalue weighted by molar-refractivity contribution is 0.0725. The molecule has 27 heavy (non-hydrogen) atoms. The van der Waals surface area contributed by atoms with Crippen molar-refractivity contribution in [2.45, 2.75) is 25.8 Å². The van der Waals surface area contributed by atoms with Gasteiger partial charge in [-0.3, -0.25) is 4.79 Å². The van der Waals surface area contributed by atoms with Crippen LogP contribution in [0.2, 0.25) is 0 Å². The Balaban J connectivity index is 1.59. The van der Waals surface area contributed by atoms with Crippen LogP contribution in [-0.4, -0.2) is 29.6 Å². The number of hydrogen-bond acceptors (Lipinski definition) is 4. The van der Waals surface area contributed by atoms with E-state index in [4.69, 9.17) is 9.26 Å². The summed E-state index contributed by atoms with van der Waals surface area (Å²) in [7, 11) is 1.61. The zero-order valence-corrected chi connectivity index (χ0v) is 15.5. The predicted octanol–water partition coefficient (Wildman–Crippen LogP) is 4.64. The summed E-state index contributed by atoms with van der Waals surface area (Å²) in [6, 6.07) is 17.7. The molecule has 1 aromatic heterocycles. The van der Waals surface area contributed by atoms with Crippen molar-refractivity contribution in [1.82, 2.24) is 10.1 Å². The van der Waals surface area contributed by atoms with Crippen LogP contribution in [0.25, 0.3) is 11.3 Å². The van der Waals surface area contributed by atoms with E-state index < -0.39 is 0 Å². The highest BCUT2D eigenvalue weighted by atomic mass is 16.5. The Morgan fingerprint density at radius 2 is 1.96 bits per heavy atom. The van der Waals surface area contributed by atoms with E-state index in [1.54, 1.807) is 13.2 Å². The van der Waals surface area contributed by atoms with Crippen molar-refractivity contribution in [1.29, 1.82) is 0 Å². The number of para-hydroxylation sites is 1. The normalized spacial score (nSPS) is 16.5. The molecule has 1 aliphatic heterocycles. The number of amides is 1. The predicted molar refractivity (Wildman–Crippen MR) is 103 cm³/mol. The highest BCUT2D eigenvalue weighted by Crippen LogP contribution is 2.34. The first kappa shape index (κ1) is 17.3. The second kappa shape index (κ2) is 7.27. The van der Waals surface area contributed by atoms with Gasteiger partial charge in [0, 0.05) is 12.6 Å². The Morgan fingerprint density at radius 1 is 1.19 bits per heavy atom. The largest absolute Gasteiger partial charge is 0.496 e. The van der Waals surface area contributed by atoms with Gasteiger partial charge < -0.3 is 14.2 Å². The number of aryl methyl sites for hydroxylation is 1. The van der Waals surface area contributed by atoms with Crippen LogP contribution in [0.15, 0.2) is 59.1 Å². The van der Waals surface area contributed by atoms with Crippen molar-refractivity contribution < 1.29 is 14.1 Å². The zero-order valence-electron chi connectivity index (χ0n) is 15.5. The van der Waals surface area contributed by atoms with E-state index in [-0.39, 0.29) is 11.9 Å². The molecule has 1 fully saturated rings. The van der Waals surface area contributed by atoms with Crippen molar-refractivity contribution in [2.24, 2.45) is 0 Å². The maximum absolute atomic E-state index is 13.1. The molecule has 2 heterocycles. The summed E-state index contributed by atoms with van der Waals surface area (Å²) < 4.78 is 10.8. The molecule has 0 radical (unpaired) electrons. The van der Waals surface area contributed by atoms with E-state index in [1.807, 2.05) is 29.2 Å². The Bertz CT molecular complexity index is 946. The monoisotopic (exact) mass is 362 g/mol. The molecule has 3 aromatic rings. The van der Waals surface area contributed by atoms with Crippen LogP contribution < -0.4 is 4.74 Å². The average molecular weight is 362 g/mol. The lowest BCUT2D eigenvalue weighted by Crippen LogP contribution is -2.30. The van der Waals surface area contributed by atoms with Crippen molar-refractivity contribution in [3.63, 3.8) is 0 Å². The second-order valence-electron chi connectivity index (χ2n) is 6.84. The molecule has 1 amide bonds. The van der Waals surface area contributed by atoms with Crippen molar-refractivity contribution >= 4 is 5.91 Å². The summed E-state index contributed by atoms with van der Waals surface area (Å²) in [4.78, 5) is 15.0. The SMILES string of the molecule is COc1ccccc1-c1cc(C(=O)N2CCC[C@H]2c2ccc(C)cc2)no1. The highest BCUT2D eigenvalue weighted by Gasteiger charge is 2.32. The number of aromatic nitrogens is 1. The third-order valence-corrected chi connectivity index (χ3v) is 5.08. The summed E-state index contributed by atoms with van der Waals surface area (Å²) in [5.41, 5.74) is 3.49. The van der Waals surface area contributed by atoms with Crippen LogP contribution >= 0.6 is 0 Å². The molecular weight excluding hydrogens is 340 g/mol. The number of benzene rings is 2. The lowest BCUT2D eigenvalue weighted by Gasteiger charge is -2.24. The van der Waals surface area contributed by atoms with E-state index in [2.05, 4.69) is 36.3 Å². The smallest absolute Gasteiger partial charge is 0.276 e. The molecule has 4 rings (SSSR count). The number of likely N-dealkylation sites (tertiary alicyclic amines) is 1. The molecule has 0 unspecified atom stereocenters. The summed E-state index contributed by atoms with van der Waals surface area (Å²) >= 11 is 0. The van der Waals surface area contributed by atoms with Crippen molar-refractivity contribution in [3.8, 4) is 17.1 Å². The van der Waals surface area contributed by atoms with Gasteiger partial charge in [-0.05, 0) is 37.5 Å². The summed E-state index contributed by atoms with van der Waals surface area (Å²) in [5, 5.41) is 4.03. The van der Waals surface area contributed by atoms with Crippen molar-refractivity contribution in [3.05, 3.63) is 71.4 Å². The third kappa shape index (κ3) is 3.33. The fourth-order valence-corrected chi connectivity index (χ4v) is 3.64. The number of carbonyl (C=O) groups excluding carboxylic acids is 1. The average Bonchev–Trinajstić information content (AvgIpc) is 3.38. The van der Waals surface area contributed by atoms with Gasteiger partial charge in [-0.15, -0.1) is 0 Å². The van der Waals surface area contributed by atoms with Crippen molar-refractivity contribution in [2.75, 3.05) is 13.7 Å². The molecule has 0 bridgehead atoms. The molecule has 1 atom stereocenters. The van der Waals surface area contributed by atoms with Crippen LogP contribution in [0.3, 0.4) is 0 Å². The molecule has 1 saturated heterocycles. The van der Waals surface area contributed by atoms with Gasteiger partial charge in [0.05, 0.1) is 18.7 Å². The first-order valence-electron chi connectivity index (χ1n) is 9.15. The van der Waals surface area contributed by atoms with Gasteiger partial charge in [0.2, 0.25) is 0 Å².